The Hall–Kier alpha value is -1.19. The van der Waals surface area contributed by atoms with E-state index in [-0.39, 0.29) is 12.7 Å². The lowest BCUT2D eigenvalue weighted by atomic mass is 9.71. The summed E-state index contributed by atoms with van der Waals surface area (Å²) < 4.78 is 6.53. The number of ether oxygens (including phenoxy) is 1. The molecule has 0 radical (unpaired) electrons. The van der Waals surface area contributed by atoms with Gasteiger partial charge in [-0.1, -0.05) is 81.2 Å². The van der Waals surface area contributed by atoms with Crippen molar-refractivity contribution in [3.63, 3.8) is 0 Å². The van der Waals surface area contributed by atoms with Crippen LogP contribution in [-0.2, 0) is 4.74 Å². The number of aliphatic imine (C=N–C) groups is 1. The van der Waals surface area contributed by atoms with E-state index in [9.17, 15) is 5.11 Å². The quantitative estimate of drug-likeness (QED) is 0.199. The van der Waals surface area contributed by atoms with Crippen LogP contribution in [0.3, 0.4) is 0 Å². The molecule has 0 spiro atoms. The van der Waals surface area contributed by atoms with Crippen molar-refractivity contribution in [2.75, 3.05) is 6.61 Å². The van der Waals surface area contributed by atoms with E-state index in [2.05, 4.69) is 31.2 Å². The maximum Gasteiger partial charge on any atom is 0.144 e. The fraction of sp³-hybridized carbons (Fsp3) is 0.794. The van der Waals surface area contributed by atoms with Gasteiger partial charge in [-0.05, 0) is 99.4 Å². The molecule has 6 rings (SSSR count). The Balaban J connectivity index is 1.20. The highest BCUT2D eigenvalue weighted by Crippen LogP contribution is 2.61. The standard InChI is InChI=1S/C34H50NO2/c1-24-11-13-27(14-12-24)32-34(23-36,37-32)33(35-2,17-15-25-19-28-7-3-4-8-29(28)20-25)18-16-26-21-30-9-5-6-10-31(30)22-26/h2,11-14,25-26,28-32,36H,3-10,15-23H2,1H3/q-1. The summed E-state index contributed by atoms with van der Waals surface area (Å²) in [5.41, 5.74) is 1.23. The van der Waals surface area contributed by atoms with Crippen LogP contribution in [0.15, 0.2) is 29.3 Å². The van der Waals surface area contributed by atoms with Gasteiger partial charge in [0, 0.05) is 0 Å². The number of fused-ring (bicyclic) bond motifs is 2. The average Bonchev–Trinajstić information content (AvgIpc) is 3.31. The molecule has 1 aromatic rings. The minimum atomic E-state index is -0.673. The molecular weight excluding hydrogens is 454 g/mol. The molecule has 204 valence electrons. The molecule has 5 aliphatic rings. The van der Waals surface area contributed by atoms with Gasteiger partial charge in [-0.15, -0.1) is 0 Å². The van der Waals surface area contributed by atoms with Crippen molar-refractivity contribution in [1.82, 2.24) is 0 Å². The number of benzene rings is 1. The second kappa shape index (κ2) is 10.8. The van der Waals surface area contributed by atoms with E-state index in [0.29, 0.717) is 0 Å². The molecule has 1 aromatic carbocycles. The van der Waals surface area contributed by atoms with Gasteiger partial charge in [-0.25, -0.2) is 0 Å². The van der Waals surface area contributed by atoms with Crippen LogP contribution in [0.4, 0.5) is 0 Å². The first-order valence-electron chi connectivity index (χ1n) is 15.8. The van der Waals surface area contributed by atoms with Crippen LogP contribution in [-0.4, -0.2) is 29.6 Å². The molecular formula is C34H50NO2-. The van der Waals surface area contributed by atoms with Gasteiger partial charge in [0.1, 0.15) is 11.7 Å². The van der Waals surface area contributed by atoms with Gasteiger partial charge < -0.3 is 21.6 Å². The van der Waals surface area contributed by atoms with Crippen molar-refractivity contribution in [1.29, 1.82) is 0 Å². The van der Waals surface area contributed by atoms with Gasteiger partial charge in [0.25, 0.3) is 0 Å². The molecule has 0 bridgehead atoms. The molecule has 1 N–H and O–H groups in total. The molecule has 0 amide bonds. The van der Waals surface area contributed by atoms with E-state index < -0.39 is 11.1 Å². The first kappa shape index (κ1) is 26.1. The Bertz CT molecular complexity index is 862. The fourth-order valence-electron chi connectivity index (χ4n) is 9.73. The van der Waals surface area contributed by atoms with Gasteiger partial charge in [0.15, 0.2) is 0 Å². The van der Waals surface area contributed by atoms with Crippen LogP contribution < -0.4 is 0 Å². The lowest BCUT2D eigenvalue weighted by molar-refractivity contribution is 0.0824. The van der Waals surface area contributed by atoms with Gasteiger partial charge in [-0.2, -0.15) is 0 Å². The molecule has 1 saturated heterocycles. The van der Waals surface area contributed by atoms with Crippen LogP contribution in [0.5, 0.6) is 0 Å². The zero-order chi connectivity index (χ0) is 25.5. The van der Waals surface area contributed by atoms with E-state index in [1.165, 1.54) is 95.5 Å². The van der Waals surface area contributed by atoms with Crippen molar-refractivity contribution in [3.8, 4) is 0 Å². The van der Waals surface area contributed by atoms with Gasteiger partial charge >= 0.3 is 0 Å². The molecule has 4 aliphatic carbocycles. The summed E-state index contributed by atoms with van der Waals surface area (Å²) in [6.45, 7) is 8.53. The molecule has 6 atom stereocenters. The Kier molecular flexibility index (Phi) is 7.58. The molecule has 37 heavy (non-hydrogen) atoms. The zero-order valence-electron chi connectivity index (χ0n) is 23.3. The summed E-state index contributed by atoms with van der Waals surface area (Å²) in [5, 5.41) is 10.9. The SMILES string of the molecule is [CH-]=NC(CCC1CC2CCCCC2C1)(CCC1CC2CCCCC2C1)C1(CO)OC1c1ccc(C)cc1. The minimum absolute atomic E-state index is 0.00191. The maximum atomic E-state index is 10.9. The number of hydrogen-bond donors (Lipinski definition) is 1. The molecule has 0 aromatic heterocycles. The first-order chi connectivity index (χ1) is 18.1. The van der Waals surface area contributed by atoms with Crippen molar-refractivity contribution >= 4 is 6.72 Å². The number of nitrogens with zero attached hydrogens (tertiary/aromatic N) is 1. The van der Waals surface area contributed by atoms with Crippen molar-refractivity contribution < 1.29 is 9.84 Å². The van der Waals surface area contributed by atoms with E-state index >= 15 is 0 Å². The van der Waals surface area contributed by atoms with Crippen LogP contribution in [0.25, 0.3) is 0 Å². The molecule has 4 saturated carbocycles. The number of aryl methyl sites for hydroxylation is 1. The summed E-state index contributed by atoms with van der Waals surface area (Å²) in [6.07, 6.45) is 21.2. The topological polar surface area (TPSA) is 45.1 Å². The molecule has 3 nitrogen and oxygen atoms in total. The largest absolute Gasteiger partial charge is 0.498 e. The van der Waals surface area contributed by atoms with Crippen molar-refractivity contribution in [3.05, 3.63) is 35.4 Å². The summed E-state index contributed by atoms with van der Waals surface area (Å²) in [7, 11) is 0. The van der Waals surface area contributed by atoms with Crippen LogP contribution in [0, 0.1) is 42.4 Å². The smallest absolute Gasteiger partial charge is 0.144 e. The second-order valence-electron chi connectivity index (χ2n) is 14.0. The summed E-state index contributed by atoms with van der Waals surface area (Å²) in [4.78, 5) is 4.74. The van der Waals surface area contributed by atoms with Crippen LogP contribution in [0.1, 0.15) is 120 Å². The maximum absolute atomic E-state index is 10.9. The van der Waals surface area contributed by atoms with Gasteiger partial charge in [-0.3, -0.25) is 0 Å². The third-order valence-electron chi connectivity index (χ3n) is 12.0. The minimum Gasteiger partial charge on any atom is -0.498 e. The Labute approximate surface area is 225 Å². The second-order valence-corrected chi connectivity index (χ2v) is 14.0. The number of epoxide rings is 1. The Morgan fingerprint density at radius 1 is 0.838 bits per heavy atom. The highest BCUT2D eigenvalue weighted by atomic mass is 16.6. The highest BCUT2D eigenvalue weighted by molar-refractivity contribution is 5.37. The normalized spacial score (nSPS) is 40.5. The van der Waals surface area contributed by atoms with E-state index in [1.54, 1.807) is 0 Å². The van der Waals surface area contributed by atoms with Gasteiger partial charge in [0.05, 0.1) is 12.1 Å². The van der Waals surface area contributed by atoms with Crippen molar-refractivity contribution in [2.24, 2.45) is 40.5 Å². The highest BCUT2D eigenvalue weighted by Gasteiger charge is 2.67. The summed E-state index contributed by atoms with van der Waals surface area (Å²) in [6, 6.07) is 8.64. The number of hydrogen-bond acceptors (Lipinski definition) is 3. The van der Waals surface area contributed by atoms with E-state index in [0.717, 1.165) is 53.9 Å². The molecule has 1 aliphatic heterocycles. The van der Waals surface area contributed by atoms with Crippen LogP contribution in [0.2, 0.25) is 0 Å². The molecule has 6 unspecified atom stereocenters. The first-order valence-corrected chi connectivity index (χ1v) is 15.8. The molecule has 5 fully saturated rings. The van der Waals surface area contributed by atoms with E-state index in [1.807, 2.05) is 0 Å². The summed E-state index contributed by atoms with van der Waals surface area (Å²) >= 11 is 0. The fourth-order valence-corrected chi connectivity index (χ4v) is 9.73. The Morgan fingerprint density at radius 3 is 1.70 bits per heavy atom. The number of aliphatic hydroxyl groups excluding tert-OH is 1. The molecule has 1 heterocycles. The monoisotopic (exact) mass is 504 g/mol. The lowest BCUT2D eigenvalue weighted by Gasteiger charge is -2.40. The summed E-state index contributed by atoms with van der Waals surface area (Å²) in [5.74, 6) is 5.39. The number of rotatable bonds is 10. The average molecular weight is 505 g/mol. The molecule has 3 heteroatoms. The predicted octanol–water partition coefficient (Wildman–Crippen LogP) is 8.11. The van der Waals surface area contributed by atoms with E-state index in [4.69, 9.17) is 16.4 Å². The van der Waals surface area contributed by atoms with Gasteiger partial charge in [0.2, 0.25) is 0 Å². The zero-order valence-corrected chi connectivity index (χ0v) is 23.3. The van der Waals surface area contributed by atoms with Crippen molar-refractivity contribution in [2.45, 2.75) is 127 Å². The third kappa shape index (κ3) is 4.97. The number of aliphatic hydroxyl groups is 1. The van der Waals surface area contributed by atoms with Crippen LogP contribution >= 0.6 is 0 Å². The Morgan fingerprint density at radius 2 is 1.30 bits per heavy atom. The third-order valence-corrected chi connectivity index (χ3v) is 12.0. The predicted molar refractivity (Wildman–Crippen MR) is 151 cm³/mol. The lowest BCUT2D eigenvalue weighted by Crippen LogP contribution is -2.47.